The number of anilines is 1. The van der Waals surface area contributed by atoms with Gasteiger partial charge in [-0.3, -0.25) is 9.48 Å². The summed E-state index contributed by atoms with van der Waals surface area (Å²) in [4.78, 5) is 16.6. The Morgan fingerprint density at radius 2 is 2.00 bits per heavy atom. The fourth-order valence-corrected chi connectivity index (χ4v) is 2.04. The first-order valence-corrected chi connectivity index (χ1v) is 6.31. The molecule has 0 aliphatic heterocycles. The quantitative estimate of drug-likeness (QED) is 0.775. The fraction of sp³-hybridized carbons (Fsp3) is 0.133. The number of nitrogens with zero attached hydrogens (tertiary/aromatic N) is 3. The Morgan fingerprint density at radius 3 is 2.75 bits per heavy atom. The van der Waals surface area contributed by atoms with Crippen molar-refractivity contribution in [3.8, 4) is 0 Å². The van der Waals surface area contributed by atoms with Crippen LogP contribution in [0.1, 0.15) is 16.1 Å². The molecule has 1 amide bonds. The van der Waals surface area contributed by atoms with Gasteiger partial charge in [0.2, 0.25) is 0 Å². The lowest BCUT2D eigenvalue weighted by Gasteiger charge is -2.05. The van der Waals surface area contributed by atoms with Crippen LogP contribution in [0.3, 0.4) is 0 Å². The Hall–Kier alpha value is -2.69. The lowest BCUT2D eigenvalue weighted by Crippen LogP contribution is -2.13. The van der Waals surface area contributed by atoms with Crippen molar-refractivity contribution in [3.05, 3.63) is 53.9 Å². The van der Waals surface area contributed by atoms with Crippen LogP contribution in [-0.4, -0.2) is 20.7 Å². The van der Waals surface area contributed by atoms with Gasteiger partial charge < -0.3 is 5.32 Å². The summed E-state index contributed by atoms with van der Waals surface area (Å²) in [6.45, 7) is 1.86. The average molecular weight is 266 g/mol. The largest absolute Gasteiger partial charge is 0.306 e. The number of pyridine rings is 1. The minimum atomic E-state index is -0.196. The zero-order chi connectivity index (χ0) is 14.1. The van der Waals surface area contributed by atoms with Gasteiger partial charge in [0.15, 0.2) is 0 Å². The predicted octanol–water partition coefficient (Wildman–Crippen LogP) is 2.53. The van der Waals surface area contributed by atoms with Crippen LogP contribution in [0, 0.1) is 6.92 Å². The number of amides is 1. The van der Waals surface area contributed by atoms with Gasteiger partial charge >= 0.3 is 0 Å². The Balaban J connectivity index is 1.89. The van der Waals surface area contributed by atoms with Gasteiger partial charge in [0.05, 0.1) is 17.3 Å². The molecular weight excluding hydrogens is 252 g/mol. The monoisotopic (exact) mass is 266 g/mol. The number of hydrogen-bond donors (Lipinski definition) is 1. The van der Waals surface area contributed by atoms with E-state index in [2.05, 4.69) is 15.4 Å². The van der Waals surface area contributed by atoms with E-state index in [4.69, 9.17) is 0 Å². The van der Waals surface area contributed by atoms with Gasteiger partial charge in [0.25, 0.3) is 5.91 Å². The van der Waals surface area contributed by atoms with Gasteiger partial charge in [-0.1, -0.05) is 18.2 Å². The molecule has 5 nitrogen and oxygen atoms in total. The van der Waals surface area contributed by atoms with Crippen LogP contribution in [0.5, 0.6) is 0 Å². The molecule has 3 aromatic rings. The number of rotatable bonds is 2. The van der Waals surface area contributed by atoms with Crippen molar-refractivity contribution in [2.45, 2.75) is 6.92 Å². The fourth-order valence-electron chi connectivity index (χ4n) is 2.04. The third-order valence-electron chi connectivity index (χ3n) is 3.32. The molecule has 0 radical (unpaired) electrons. The molecule has 0 unspecified atom stereocenters. The Bertz CT molecular complexity index is 791. The zero-order valence-corrected chi connectivity index (χ0v) is 11.3. The van der Waals surface area contributed by atoms with Gasteiger partial charge in [-0.05, 0) is 25.1 Å². The minimum Gasteiger partial charge on any atom is -0.306 e. The van der Waals surface area contributed by atoms with Gasteiger partial charge in [0, 0.05) is 18.1 Å². The maximum Gasteiger partial charge on any atom is 0.260 e. The number of carbonyl (C=O) groups is 1. The highest BCUT2D eigenvalue weighted by atomic mass is 16.1. The number of fused-ring (bicyclic) bond motifs is 1. The molecule has 0 saturated carbocycles. The van der Waals surface area contributed by atoms with Crippen LogP contribution in [0.4, 0.5) is 5.82 Å². The molecule has 2 heterocycles. The topological polar surface area (TPSA) is 59.8 Å². The molecule has 0 aliphatic carbocycles. The summed E-state index contributed by atoms with van der Waals surface area (Å²) in [6, 6.07) is 11.5. The highest BCUT2D eigenvalue weighted by Crippen LogP contribution is 2.15. The molecule has 3 rings (SSSR count). The summed E-state index contributed by atoms with van der Waals surface area (Å²) in [5, 5.41) is 7.91. The normalized spacial score (nSPS) is 10.7. The van der Waals surface area contributed by atoms with E-state index in [9.17, 15) is 4.79 Å². The van der Waals surface area contributed by atoms with Crippen molar-refractivity contribution in [1.29, 1.82) is 0 Å². The van der Waals surface area contributed by atoms with E-state index < -0.39 is 0 Å². The summed E-state index contributed by atoms with van der Waals surface area (Å²) >= 11 is 0. The predicted molar refractivity (Wildman–Crippen MR) is 77.6 cm³/mol. The van der Waals surface area contributed by atoms with E-state index in [1.807, 2.05) is 37.3 Å². The molecular formula is C15H14N4O. The maximum atomic E-state index is 12.2. The number of para-hydroxylation sites is 1. The van der Waals surface area contributed by atoms with E-state index in [1.165, 1.54) is 0 Å². The molecule has 5 heteroatoms. The van der Waals surface area contributed by atoms with E-state index in [0.29, 0.717) is 11.4 Å². The molecule has 1 N–H and O–H groups in total. The second kappa shape index (κ2) is 4.77. The smallest absolute Gasteiger partial charge is 0.260 e. The Morgan fingerprint density at radius 1 is 1.20 bits per heavy atom. The maximum absolute atomic E-state index is 12.2. The Labute approximate surface area is 116 Å². The second-order valence-corrected chi connectivity index (χ2v) is 4.61. The van der Waals surface area contributed by atoms with Gasteiger partial charge in [-0.25, -0.2) is 4.98 Å². The van der Waals surface area contributed by atoms with Gasteiger partial charge in [-0.2, -0.15) is 5.10 Å². The molecule has 100 valence electrons. The van der Waals surface area contributed by atoms with Crippen LogP contribution in [0.2, 0.25) is 0 Å². The highest BCUT2D eigenvalue weighted by molar-refractivity contribution is 6.04. The van der Waals surface area contributed by atoms with Crippen molar-refractivity contribution in [2.75, 3.05) is 5.32 Å². The van der Waals surface area contributed by atoms with Gasteiger partial charge in [0.1, 0.15) is 5.82 Å². The summed E-state index contributed by atoms with van der Waals surface area (Å²) in [5.41, 5.74) is 2.24. The molecule has 0 aliphatic rings. The number of carbonyl (C=O) groups excluding carboxylic acids is 1. The van der Waals surface area contributed by atoms with Gasteiger partial charge in [-0.15, -0.1) is 0 Å². The molecule has 0 atom stereocenters. The standard InChI is InChI=1S/C15H14N4O/c1-10-12(9-16-19(10)2)15(20)18-14-8-7-11-5-3-4-6-13(11)17-14/h3-9H,1-2H3,(H,17,18,20). The molecule has 0 bridgehead atoms. The second-order valence-electron chi connectivity index (χ2n) is 4.61. The van der Waals surface area contributed by atoms with Crippen molar-refractivity contribution in [3.63, 3.8) is 0 Å². The molecule has 0 spiro atoms. The van der Waals surface area contributed by atoms with Crippen LogP contribution < -0.4 is 5.32 Å². The van der Waals surface area contributed by atoms with Crippen molar-refractivity contribution < 1.29 is 4.79 Å². The van der Waals surface area contributed by atoms with Crippen molar-refractivity contribution >= 4 is 22.6 Å². The number of aryl methyl sites for hydroxylation is 1. The van der Waals surface area contributed by atoms with E-state index in [-0.39, 0.29) is 5.91 Å². The summed E-state index contributed by atoms with van der Waals surface area (Å²) < 4.78 is 1.67. The third kappa shape index (κ3) is 2.14. The summed E-state index contributed by atoms with van der Waals surface area (Å²) in [6.07, 6.45) is 1.56. The lowest BCUT2D eigenvalue weighted by atomic mass is 10.2. The molecule has 2 aromatic heterocycles. The van der Waals surface area contributed by atoms with E-state index in [0.717, 1.165) is 16.6 Å². The first-order chi connectivity index (χ1) is 9.65. The zero-order valence-electron chi connectivity index (χ0n) is 11.3. The van der Waals surface area contributed by atoms with Crippen LogP contribution >= 0.6 is 0 Å². The first kappa shape index (κ1) is 12.3. The molecule has 1 aromatic carbocycles. The number of hydrogen-bond acceptors (Lipinski definition) is 3. The number of benzene rings is 1. The first-order valence-electron chi connectivity index (χ1n) is 6.31. The van der Waals surface area contributed by atoms with Crippen molar-refractivity contribution in [1.82, 2.24) is 14.8 Å². The van der Waals surface area contributed by atoms with Crippen LogP contribution in [-0.2, 0) is 7.05 Å². The third-order valence-corrected chi connectivity index (χ3v) is 3.32. The van der Waals surface area contributed by atoms with Crippen molar-refractivity contribution in [2.24, 2.45) is 7.05 Å². The van der Waals surface area contributed by atoms with Crippen LogP contribution in [0.25, 0.3) is 10.9 Å². The van der Waals surface area contributed by atoms with E-state index in [1.54, 1.807) is 24.0 Å². The average Bonchev–Trinajstić information content (AvgIpc) is 2.79. The Kier molecular flexibility index (Phi) is 2.95. The summed E-state index contributed by atoms with van der Waals surface area (Å²) in [7, 11) is 1.81. The summed E-state index contributed by atoms with van der Waals surface area (Å²) in [5.74, 6) is 0.343. The van der Waals surface area contributed by atoms with Crippen LogP contribution in [0.15, 0.2) is 42.6 Å². The van der Waals surface area contributed by atoms with E-state index >= 15 is 0 Å². The molecule has 0 fully saturated rings. The molecule has 20 heavy (non-hydrogen) atoms. The number of aromatic nitrogens is 3. The minimum absolute atomic E-state index is 0.196. The highest BCUT2D eigenvalue weighted by Gasteiger charge is 2.13. The molecule has 0 saturated heterocycles. The SMILES string of the molecule is Cc1c(C(=O)Nc2ccc3ccccc3n2)cnn1C. The number of nitrogens with one attached hydrogen (secondary N) is 1. The lowest BCUT2D eigenvalue weighted by molar-refractivity contribution is 0.102.